The minimum absolute atomic E-state index is 0.171. The topological polar surface area (TPSA) is 80.0 Å². The van der Waals surface area contributed by atoms with Crippen LogP contribution in [0.5, 0.6) is 0 Å². The predicted octanol–water partition coefficient (Wildman–Crippen LogP) is 2.53. The maximum Gasteiger partial charge on any atom is 0.251 e. The third-order valence-electron chi connectivity index (χ3n) is 3.97. The highest BCUT2D eigenvalue weighted by molar-refractivity contribution is 6.30. The molecule has 0 saturated carbocycles. The van der Waals surface area contributed by atoms with E-state index in [1.165, 1.54) is 29.5 Å². The van der Waals surface area contributed by atoms with E-state index in [0.717, 1.165) is 12.1 Å². The zero-order valence-corrected chi connectivity index (χ0v) is 14.7. The Hall–Kier alpha value is -2.84. The molecule has 1 aromatic heterocycles. The van der Waals surface area contributed by atoms with Crippen LogP contribution in [0, 0.1) is 11.6 Å². The molecule has 2 N–H and O–H groups in total. The van der Waals surface area contributed by atoms with Crippen LogP contribution >= 0.6 is 11.6 Å². The molecular weight excluding hydrogens is 378 g/mol. The number of carbonyl (C=O) groups is 1. The summed E-state index contributed by atoms with van der Waals surface area (Å²) in [5.41, 5.74) is -1.73. The van der Waals surface area contributed by atoms with Gasteiger partial charge < -0.3 is 10.4 Å². The second-order valence-electron chi connectivity index (χ2n) is 5.94. The summed E-state index contributed by atoms with van der Waals surface area (Å²) in [6, 6.07) is 8.99. The van der Waals surface area contributed by atoms with Gasteiger partial charge in [-0.15, -0.1) is 0 Å². The molecule has 6 nitrogen and oxygen atoms in total. The van der Waals surface area contributed by atoms with Crippen LogP contribution in [-0.2, 0) is 12.1 Å². The summed E-state index contributed by atoms with van der Waals surface area (Å²) in [6.07, 6.45) is 2.60. The Balaban J connectivity index is 1.85. The third-order valence-corrected chi connectivity index (χ3v) is 4.22. The van der Waals surface area contributed by atoms with E-state index in [1.807, 2.05) is 0 Å². The number of aliphatic hydroxyl groups is 1. The van der Waals surface area contributed by atoms with Crippen molar-refractivity contribution in [3.8, 4) is 0 Å². The number of halogens is 3. The number of hydrogen-bond acceptors (Lipinski definition) is 4. The largest absolute Gasteiger partial charge is 0.381 e. The average Bonchev–Trinajstić information content (AvgIpc) is 3.13. The van der Waals surface area contributed by atoms with Gasteiger partial charge in [0, 0.05) is 22.2 Å². The molecule has 140 valence electrons. The second-order valence-corrected chi connectivity index (χ2v) is 6.37. The fourth-order valence-corrected chi connectivity index (χ4v) is 2.74. The fourth-order valence-electron chi connectivity index (χ4n) is 2.62. The molecule has 9 heteroatoms. The molecule has 3 rings (SSSR count). The summed E-state index contributed by atoms with van der Waals surface area (Å²) in [5, 5.41) is 18.0. The molecule has 27 heavy (non-hydrogen) atoms. The number of rotatable bonds is 6. The molecular formula is C18H15ClF2N4O2. The van der Waals surface area contributed by atoms with Crippen LogP contribution in [-0.4, -0.2) is 32.3 Å². The molecule has 2 aromatic carbocycles. The molecule has 0 radical (unpaired) electrons. The summed E-state index contributed by atoms with van der Waals surface area (Å²) in [4.78, 5) is 16.1. The molecule has 0 unspecified atom stereocenters. The van der Waals surface area contributed by atoms with Crippen molar-refractivity contribution in [1.82, 2.24) is 20.1 Å². The standard InChI is InChI=1S/C18H15ClF2N4O2/c19-13-3-1-12(2-4-13)17(26)23-8-18(27,9-25-11-22-10-24-25)15-6-5-14(20)7-16(15)21/h1-7,10-11,27H,8-9H2,(H,23,26)/t18-/m1/s1. The van der Waals surface area contributed by atoms with Crippen molar-refractivity contribution in [2.75, 3.05) is 6.54 Å². The zero-order valence-electron chi connectivity index (χ0n) is 13.9. The van der Waals surface area contributed by atoms with Crippen molar-refractivity contribution < 1.29 is 18.7 Å². The molecule has 0 aliphatic heterocycles. The minimum atomic E-state index is -1.88. The fraction of sp³-hybridized carbons (Fsp3) is 0.167. The molecule has 0 spiro atoms. The Kier molecular flexibility index (Phi) is 5.48. The lowest BCUT2D eigenvalue weighted by molar-refractivity contribution is 0.0120. The number of carbonyl (C=O) groups excluding carboxylic acids is 1. The first-order valence-corrected chi connectivity index (χ1v) is 8.29. The van der Waals surface area contributed by atoms with Crippen molar-refractivity contribution in [3.63, 3.8) is 0 Å². The summed E-state index contributed by atoms with van der Waals surface area (Å²) >= 11 is 5.80. The molecule has 0 aliphatic carbocycles. The van der Waals surface area contributed by atoms with Gasteiger partial charge in [0.25, 0.3) is 5.91 Å². The van der Waals surface area contributed by atoms with Gasteiger partial charge in [-0.2, -0.15) is 5.10 Å². The van der Waals surface area contributed by atoms with Gasteiger partial charge in [0.2, 0.25) is 0 Å². The Bertz CT molecular complexity index is 935. The molecule has 0 fully saturated rings. The predicted molar refractivity (Wildman–Crippen MR) is 94.1 cm³/mol. The number of amides is 1. The smallest absolute Gasteiger partial charge is 0.251 e. The lowest BCUT2D eigenvalue weighted by atomic mass is 9.92. The molecule has 0 aliphatic rings. The summed E-state index contributed by atoms with van der Waals surface area (Å²) in [7, 11) is 0. The van der Waals surface area contributed by atoms with Crippen LogP contribution in [0.3, 0.4) is 0 Å². The monoisotopic (exact) mass is 392 g/mol. The number of nitrogens with one attached hydrogen (secondary N) is 1. The zero-order chi connectivity index (χ0) is 19.4. The van der Waals surface area contributed by atoms with E-state index < -0.39 is 23.1 Å². The molecule has 1 heterocycles. The first-order chi connectivity index (χ1) is 12.9. The molecule has 3 aromatic rings. The third kappa shape index (κ3) is 4.47. The first kappa shape index (κ1) is 18.9. The van der Waals surface area contributed by atoms with Gasteiger partial charge in [-0.3, -0.25) is 4.79 Å². The number of hydrogen-bond donors (Lipinski definition) is 2. The summed E-state index contributed by atoms with van der Waals surface area (Å²) in [5.74, 6) is -2.19. The van der Waals surface area contributed by atoms with Crippen LogP contribution in [0.15, 0.2) is 55.1 Å². The van der Waals surface area contributed by atoms with Crippen molar-refractivity contribution in [2.45, 2.75) is 12.1 Å². The van der Waals surface area contributed by atoms with E-state index in [4.69, 9.17) is 11.6 Å². The van der Waals surface area contributed by atoms with Crippen LogP contribution in [0.25, 0.3) is 0 Å². The second kappa shape index (κ2) is 7.81. The molecule has 0 bridgehead atoms. The quantitative estimate of drug-likeness (QED) is 0.675. The van der Waals surface area contributed by atoms with Crippen LogP contribution in [0.1, 0.15) is 15.9 Å². The van der Waals surface area contributed by atoms with Crippen molar-refractivity contribution in [3.05, 3.63) is 82.9 Å². The van der Waals surface area contributed by atoms with Gasteiger partial charge in [-0.25, -0.2) is 18.4 Å². The van der Waals surface area contributed by atoms with Gasteiger partial charge in [0.15, 0.2) is 0 Å². The number of benzene rings is 2. The Morgan fingerprint density at radius 1 is 1.22 bits per heavy atom. The Morgan fingerprint density at radius 2 is 1.96 bits per heavy atom. The van der Waals surface area contributed by atoms with Crippen LogP contribution < -0.4 is 5.32 Å². The molecule has 1 atom stereocenters. The van der Waals surface area contributed by atoms with Gasteiger partial charge in [0.05, 0.1) is 13.1 Å². The lowest BCUT2D eigenvalue weighted by Crippen LogP contribution is -2.44. The van der Waals surface area contributed by atoms with E-state index >= 15 is 0 Å². The average molecular weight is 393 g/mol. The number of nitrogens with zero attached hydrogens (tertiary/aromatic N) is 3. The molecule has 0 saturated heterocycles. The van der Waals surface area contributed by atoms with E-state index in [9.17, 15) is 18.7 Å². The maximum atomic E-state index is 14.3. The summed E-state index contributed by atoms with van der Waals surface area (Å²) < 4.78 is 28.8. The highest BCUT2D eigenvalue weighted by Gasteiger charge is 2.34. The van der Waals surface area contributed by atoms with E-state index in [-0.39, 0.29) is 18.7 Å². The normalized spacial score (nSPS) is 13.2. The van der Waals surface area contributed by atoms with Crippen molar-refractivity contribution in [1.29, 1.82) is 0 Å². The van der Waals surface area contributed by atoms with Crippen molar-refractivity contribution in [2.24, 2.45) is 0 Å². The van der Waals surface area contributed by atoms with E-state index in [0.29, 0.717) is 16.7 Å². The van der Waals surface area contributed by atoms with Crippen LogP contribution in [0.2, 0.25) is 5.02 Å². The van der Waals surface area contributed by atoms with Crippen molar-refractivity contribution >= 4 is 17.5 Å². The number of aromatic nitrogens is 3. The van der Waals surface area contributed by atoms with E-state index in [1.54, 1.807) is 12.1 Å². The first-order valence-electron chi connectivity index (χ1n) is 7.91. The highest BCUT2D eigenvalue weighted by Crippen LogP contribution is 2.26. The highest BCUT2D eigenvalue weighted by atomic mass is 35.5. The van der Waals surface area contributed by atoms with Crippen LogP contribution in [0.4, 0.5) is 8.78 Å². The minimum Gasteiger partial charge on any atom is -0.381 e. The van der Waals surface area contributed by atoms with Gasteiger partial charge in [-0.05, 0) is 30.3 Å². The van der Waals surface area contributed by atoms with Gasteiger partial charge in [0.1, 0.15) is 29.9 Å². The van der Waals surface area contributed by atoms with Gasteiger partial charge in [-0.1, -0.05) is 17.7 Å². The molecule has 1 amide bonds. The van der Waals surface area contributed by atoms with Gasteiger partial charge >= 0.3 is 0 Å². The van der Waals surface area contributed by atoms with E-state index in [2.05, 4.69) is 15.4 Å². The maximum absolute atomic E-state index is 14.3. The SMILES string of the molecule is O=C(NC[C@@](O)(Cn1cncn1)c1ccc(F)cc1F)c1ccc(Cl)cc1. The lowest BCUT2D eigenvalue weighted by Gasteiger charge is -2.29. The summed E-state index contributed by atoms with van der Waals surface area (Å²) in [6.45, 7) is -0.534. The Labute approximate surface area is 158 Å². The Morgan fingerprint density at radius 3 is 2.59 bits per heavy atom.